The molecule has 6 nitrogen and oxygen atoms in total. The van der Waals surface area contributed by atoms with Crippen LogP contribution in [-0.2, 0) is 0 Å². The van der Waals surface area contributed by atoms with Crippen LogP contribution in [0, 0.1) is 5.82 Å². The molecular weight excluding hydrogens is 331 g/mol. The van der Waals surface area contributed by atoms with E-state index < -0.39 is 17.6 Å². The first-order chi connectivity index (χ1) is 10.5. The average molecular weight is 341 g/mol. The van der Waals surface area contributed by atoms with Crippen LogP contribution in [0.2, 0.25) is 5.15 Å². The number of hydrazine groups is 1. The molecule has 0 fully saturated rings. The summed E-state index contributed by atoms with van der Waals surface area (Å²) in [5.41, 5.74) is 4.60. The summed E-state index contributed by atoms with van der Waals surface area (Å²) in [5, 5.41) is 0.407. The van der Waals surface area contributed by atoms with E-state index in [1.54, 1.807) is 6.26 Å². The first kappa shape index (κ1) is 16.2. The molecule has 2 N–H and O–H groups in total. The minimum absolute atomic E-state index is 0.0205. The molecule has 0 saturated heterocycles. The third-order valence-corrected chi connectivity index (χ3v) is 3.39. The van der Waals surface area contributed by atoms with E-state index in [1.165, 1.54) is 30.1 Å². The second-order valence-electron chi connectivity index (χ2n) is 3.98. The topological polar surface area (TPSA) is 84.0 Å². The number of thioether (sulfide) groups is 1. The Morgan fingerprint density at radius 1 is 1.18 bits per heavy atom. The largest absolute Gasteiger partial charge is 0.274 e. The lowest BCUT2D eigenvalue weighted by atomic mass is 10.2. The van der Waals surface area contributed by atoms with Crippen molar-refractivity contribution >= 4 is 35.2 Å². The summed E-state index contributed by atoms with van der Waals surface area (Å²) in [6.45, 7) is 0. The lowest BCUT2D eigenvalue weighted by molar-refractivity contribution is 0.0846. The maximum absolute atomic E-state index is 12.8. The van der Waals surface area contributed by atoms with Crippen LogP contribution in [0.3, 0.4) is 0 Å². The van der Waals surface area contributed by atoms with Gasteiger partial charge in [0, 0.05) is 11.8 Å². The summed E-state index contributed by atoms with van der Waals surface area (Å²) < 4.78 is 12.8. The molecule has 0 saturated carbocycles. The van der Waals surface area contributed by atoms with Crippen molar-refractivity contribution in [3.63, 3.8) is 0 Å². The zero-order valence-corrected chi connectivity index (χ0v) is 12.8. The molecule has 0 aliphatic carbocycles. The Labute approximate surface area is 134 Å². The number of carbonyl (C=O) groups excluding carboxylic acids is 2. The van der Waals surface area contributed by atoms with Crippen molar-refractivity contribution < 1.29 is 14.0 Å². The number of aromatic nitrogens is 2. The predicted molar refractivity (Wildman–Crippen MR) is 80.2 cm³/mol. The van der Waals surface area contributed by atoms with Crippen molar-refractivity contribution in [1.29, 1.82) is 0 Å². The fourth-order valence-electron chi connectivity index (χ4n) is 1.45. The highest BCUT2D eigenvalue weighted by Gasteiger charge is 2.14. The Bertz CT molecular complexity index is 712. The van der Waals surface area contributed by atoms with E-state index in [0.29, 0.717) is 5.16 Å². The van der Waals surface area contributed by atoms with Crippen LogP contribution in [0.4, 0.5) is 4.39 Å². The Morgan fingerprint density at radius 3 is 2.41 bits per heavy atom. The van der Waals surface area contributed by atoms with E-state index in [2.05, 4.69) is 20.8 Å². The number of halogens is 2. The van der Waals surface area contributed by atoms with Gasteiger partial charge >= 0.3 is 0 Å². The number of rotatable bonds is 3. The Balaban J connectivity index is 2.00. The molecule has 0 spiro atoms. The van der Waals surface area contributed by atoms with Crippen molar-refractivity contribution in [2.75, 3.05) is 6.26 Å². The molecule has 2 aromatic rings. The molecule has 0 radical (unpaired) electrons. The van der Waals surface area contributed by atoms with Crippen LogP contribution in [0.25, 0.3) is 0 Å². The number of nitrogens with zero attached hydrogens (tertiary/aromatic N) is 2. The normalized spacial score (nSPS) is 10.1. The lowest BCUT2D eigenvalue weighted by Gasteiger charge is -2.08. The molecule has 22 heavy (non-hydrogen) atoms. The van der Waals surface area contributed by atoms with Gasteiger partial charge in [-0.1, -0.05) is 23.4 Å². The van der Waals surface area contributed by atoms with E-state index in [1.807, 2.05) is 0 Å². The van der Waals surface area contributed by atoms with Gasteiger partial charge in [-0.25, -0.2) is 14.4 Å². The highest BCUT2D eigenvalue weighted by Crippen LogP contribution is 2.16. The summed E-state index contributed by atoms with van der Waals surface area (Å²) in [4.78, 5) is 31.5. The monoisotopic (exact) mass is 340 g/mol. The maximum atomic E-state index is 12.8. The van der Waals surface area contributed by atoms with Crippen molar-refractivity contribution in [2.24, 2.45) is 0 Å². The molecule has 2 rings (SSSR count). The van der Waals surface area contributed by atoms with Crippen LogP contribution in [0.15, 0.2) is 35.6 Å². The number of hydrogen-bond acceptors (Lipinski definition) is 5. The van der Waals surface area contributed by atoms with Crippen molar-refractivity contribution in [2.45, 2.75) is 5.16 Å². The third-order valence-electron chi connectivity index (χ3n) is 2.54. The molecule has 0 aliphatic rings. The molecule has 0 aliphatic heterocycles. The predicted octanol–water partition coefficient (Wildman–Crippen LogP) is 2.07. The van der Waals surface area contributed by atoms with Gasteiger partial charge in [-0.3, -0.25) is 20.4 Å². The third kappa shape index (κ3) is 3.92. The molecule has 9 heteroatoms. The minimum atomic E-state index is -0.659. The van der Waals surface area contributed by atoms with Gasteiger partial charge in [0.2, 0.25) is 0 Å². The molecule has 114 valence electrons. The summed E-state index contributed by atoms with van der Waals surface area (Å²) in [5.74, 6) is -1.71. The van der Waals surface area contributed by atoms with Gasteiger partial charge in [0.25, 0.3) is 11.8 Å². The van der Waals surface area contributed by atoms with E-state index in [9.17, 15) is 14.0 Å². The van der Waals surface area contributed by atoms with Crippen molar-refractivity contribution in [3.8, 4) is 0 Å². The second kappa shape index (κ2) is 7.19. The van der Waals surface area contributed by atoms with Gasteiger partial charge in [0.1, 0.15) is 11.0 Å². The first-order valence-corrected chi connectivity index (χ1v) is 7.54. The highest BCUT2D eigenvalue weighted by molar-refractivity contribution is 7.98. The number of amides is 2. The molecule has 2 amide bonds. The van der Waals surface area contributed by atoms with Crippen LogP contribution in [0.5, 0.6) is 0 Å². The summed E-state index contributed by atoms with van der Waals surface area (Å²) in [7, 11) is 0. The summed E-state index contributed by atoms with van der Waals surface area (Å²) >= 11 is 7.15. The number of nitrogens with one attached hydrogen (secondary N) is 2. The maximum Gasteiger partial charge on any atom is 0.274 e. The standard InChI is InChI=1S/C13H10ClFN4O2S/c1-22-13-16-6-9(10(14)17-13)12(21)19-18-11(20)7-2-4-8(15)5-3-7/h2-6H,1H3,(H,18,20)(H,19,21). The summed E-state index contributed by atoms with van der Waals surface area (Å²) in [6.07, 6.45) is 3.04. The second-order valence-corrected chi connectivity index (χ2v) is 5.11. The van der Waals surface area contributed by atoms with Crippen LogP contribution in [-0.4, -0.2) is 28.0 Å². The zero-order valence-electron chi connectivity index (χ0n) is 11.3. The van der Waals surface area contributed by atoms with Gasteiger partial charge in [0.05, 0.1) is 5.56 Å². The number of benzene rings is 1. The van der Waals surface area contributed by atoms with Crippen LogP contribution in [0.1, 0.15) is 20.7 Å². The first-order valence-electron chi connectivity index (χ1n) is 5.94. The van der Waals surface area contributed by atoms with E-state index in [0.717, 1.165) is 12.1 Å². The van der Waals surface area contributed by atoms with Gasteiger partial charge in [-0.15, -0.1) is 0 Å². The van der Waals surface area contributed by atoms with E-state index in [-0.39, 0.29) is 16.3 Å². The van der Waals surface area contributed by atoms with Crippen molar-refractivity contribution in [3.05, 3.63) is 52.6 Å². The van der Waals surface area contributed by atoms with E-state index in [4.69, 9.17) is 11.6 Å². The summed E-state index contributed by atoms with van der Waals surface area (Å²) in [6, 6.07) is 4.87. The van der Waals surface area contributed by atoms with Crippen LogP contribution >= 0.6 is 23.4 Å². The lowest BCUT2D eigenvalue weighted by Crippen LogP contribution is -2.41. The van der Waals surface area contributed by atoms with Crippen LogP contribution < -0.4 is 10.9 Å². The van der Waals surface area contributed by atoms with Gasteiger partial charge in [-0.2, -0.15) is 0 Å². The Kier molecular flexibility index (Phi) is 5.29. The van der Waals surface area contributed by atoms with Gasteiger partial charge < -0.3 is 0 Å². The zero-order chi connectivity index (χ0) is 16.1. The fourth-order valence-corrected chi connectivity index (χ4v) is 2.06. The number of carbonyl (C=O) groups is 2. The van der Waals surface area contributed by atoms with E-state index >= 15 is 0 Å². The smallest absolute Gasteiger partial charge is 0.267 e. The molecule has 0 unspecified atom stereocenters. The molecule has 1 aromatic heterocycles. The molecule has 0 atom stereocenters. The fraction of sp³-hybridized carbons (Fsp3) is 0.0769. The Morgan fingerprint density at radius 2 is 1.82 bits per heavy atom. The molecular formula is C13H10ClFN4O2S. The minimum Gasteiger partial charge on any atom is -0.267 e. The molecule has 1 heterocycles. The highest BCUT2D eigenvalue weighted by atomic mass is 35.5. The van der Waals surface area contributed by atoms with Gasteiger partial charge in [0.15, 0.2) is 5.16 Å². The molecule has 0 bridgehead atoms. The quantitative estimate of drug-likeness (QED) is 0.387. The SMILES string of the molecule is CSc1ncc(C(=O)NNC(=O)c2ccc(F)cc2)c(Cl)n1. The van der Waals surface area contributed by atoms with Crippen molar-refractivity contribution in [1.82, 2.24) is 20.8 Å². The number of hydrogen-bond donors (Lipinski definition) is 2. The van der Waals surface area contributed by atoms with Gasteiger partial charge in [-0.05, 0) is 30.5 Å². The molecule has 1 aromatic carbocycles. The Hall–Kier alpha value is -2.19. The average Bonchev–Trinajstić information content (AvgIpc) is 2.52.